The molecule has 0 aliphatic rings. The summed E-state index contributed by atoms with van der Waals surface area (Å²) in [6, 6.07) is 1.83. The molecule has 0 radical (unpaired) electrons. The summed E-state index contributed by atoms with van der Waals surface area (Å²) in [6.45, 7) is 8.12. The number of nitrogen functional groups attached to an aromatic ring is 1. The van der Waals surface area contributed by atoms with Crippen molar-refractivity contribution in [2.24, 2.45) is 0 Å². The summed E-state index contributed by atoms with van der Waals surface area (Å²) in [5.41, 5.74) is 5.70. The average Bonchev–Trinajstić information content (AvgIpc) is 2.19. The molecule has 4 heteroatoms. The second-order valence-corrected chi connectivity index (χ2v) is 3.09. The number of hydrogen-bond acceptors (Lipinski definition) is 4. The van der Waals surface area contributed by atoms with Crippen LogP contribution in [0.5, 0.6) is 0 Å². The van der Waals surface area contributed by atoms with E-state index in [9.17, 15) is 0 Å². The maximum atomic E-state index is 5.70. The van der Waals surface area contributed by atoms with Crippen LogP contribution in [-0.2, 0) is 6.42 Å². The van der Waals surface area contributed by atoms with Gasteiger partial charge in [0.05, 0.1) is 0 Å². The fourth-order valence-electron chi connectivity index (χ4n) is 1.37. The van der Waals surface area contributed by atoms with Crippen molar-refractivity contribution in [1.29, 1.82) is 0 Å². The van der Waals surface area contributed by atoms with Gasteiger partial charge < -0.3 is 10.6 Å². The van der Waals surface area contributed by atoms with Crippen molar-refractivity contribution in [1.82, 2.24) is 9.97 Å². The first-order chi connectivity index (χ1) is 6.71. The Morgan fingerprint density at radius 1 is 1.21 bits per heavy atom. The van der Waals surface area contributed by atoms with Gasteiger partial charge in [-0.05, 0) is 13.8 Å². The van der Waals surface area contributed by atoms with Gasteiger partial charge >= 0.3 is 0 Å². The van der Waals surface area contributed by atoms with Gasteiger partial charge in [-0.1, -0.05) is 6.92 Å². The van der Waals surface area contributed by atoms with Gasteiger partial charge in [0.2, 0.25) is 0 Å². The number of nitrogens with zero attached hydrogens (tertiary/aromatic N) is 3. The topological polar surface area (TPSA) is 55.0 Å². The monoisotopic (exact) mass is 194 g/mol. The highest BCUT2D eigenvalue weighted by Crippen LogP contribution is 2.13. The fourth-order valence-corrected chi connectivity index (χ4v) is 1.37. The lowest BCUT2D eigenvalue weighted by Crippen LogP contribution is -2.23. The van der Waals surface area contributed by atoms with E-state index in [1.165, 1.54) is 0 Å². The summed E-state index contributed by atoms with van der Waals surface area (Å²) in [4.78, 5) is 10.7. The number of aryl methyl sites for hydroxylation is 1. The summed E-state index contributed by atoms with van der Waals surface area (Å²) >= 11 is 0. The Kier molecular flexibility index (Phi) is 3.68. The van der Waals surface area contributed by atoms with E-state index in [0.717, 1.165) is 31.2 Å². The van der Waals surface area contributed by atoms with Gasteiger partial charge in [0, 0.05) is 25.6 Å². The van der Waals surface area contributed by atoms with Crippen molar-refractivity contribution >= 4 is 11.6 Å². The fraction of sp³-hybridized carbons (Fsp3) is 0.600. The van der Waals surface area contributed by atoms with Gasteiger partial charge in [-0.2, -0.15) is 0 Å². The minimum atomic E-state index is 0.554. The first-order valence-corrected chi connectivity index (χ1v) is 5.09. The van der Waals surface area contributed by atoms with Crippen LogP contribution in [0.2, 0.25) is 0 Å². The van der Waals surface area contributed by atoms with Crippen LogP contribution >= 0.6 is 0 Å². The Morgan fingerprint density at radius 3 is 2.36 bits per heavy atom. The molecule has 1 aromatic rings. The zero-order chi connectivity index (χ0) is 10.6. The molecule has 0 aliphatic carbocycles. The van der Waals surface area contributed by atoms with Crippen LogP contribution in [0, 0.1) is 0 Å². The Morgan fingerprint density at radius 2 is 1.86 bits per heavy atom. The molecule has 4 nitrogen and oxygen atoms in total. The predicted molar refractivity (Wildman–Crippen MR) is 59.4 cm³/mol. The summed E-state index contributed by atoms with van der Waals surface area (Å²) in [7, 11) is 0. The van der Waals surface area contributed by atoms with Crippen molar-refractivity contribution in [2.45, 2.75) is 27.2 Å². The lowest BCUT2D eigenvalue weighted by molar-refractivity contribution is 0.824. The van der Waals surface area contributed by atoms with Crippen LogP contribution in [0.15, 0.2) is 6.07 Å². The lowest BCUT2D eigenvalue weighted by Gasteiger charge is -2.20. The molecule has 0 saturated carbocycles. The number of aromatic nitrogens is 2. The zero-order valence-electron chi connectivity index (χ0n) is 9.12. The molecule has 0 aromatic carbocycles. The van der Waals surface area contributed by atoms with Crippen LogP contribution < -0.4 is 10.6 Å². The van der Waals surface area contributed by atoms with Crippen LogP contribution in [-0.4, -0.2) is 23.1 Å². The molecule has 0 aliphatic heterocycles. The highest BCUT2D eigenvalue weighted by molar-refractivity contribution is 5.46. The van der Waals surface area contributed by atoms with Gasteiger partial charge in [-0.3, -0.25) is 0 Å². The number of anilines is 2. The number of rotatable bonds is 4. The first-order valence-electron chi connectivity index (χ1n) is 5.09. The highest BCUT2D eigenvalue weighted by Gasteiger charge is 2.06. The van der Waals surface area contributed by atoms with Crippen LogP contribution in [0.3, 0.4) is 0 Å². The molecular weight excluding hydrogens is 176 g/mol. The smallest absolute Gasteiger partial charge is 0.134 e. The molecule has 78 valence electrons. The maximum absolute atomic E-state index is 5.70. The van der Waals surface area contributed by atoms with E-state index >= 15 is 0 Å². The van der Waals surface area contributed by atoms with Crippen molar-refractivity contribution in [3.63, 3.8) is 0 Å². The summed E-state index contributed by atoms with van der Waals surface area (Å²) in [5, 5.41) is 0. The minimum Gasteiger partial charge on any atom is -0.384 e. The third kappa shape index (κ3) is 2.34. The van der Waals surface area contributed by atoms with Gasteiger partial charge in [-0.15, -0.1) is 0 Å². The second kappa shape index (κ2) is 4.79. The molecule has 0 fully saturated rings. The van der Waals surface area contributed by atoms with Crippen molar-refractivity contribution in [2.75, 3.05) is 23.7 Å². The van der Waals surface area contributed by atoms with E-state index < -0.39 is 0 Å². The van der Waals surface area contributed by atoms with Crippen molar-refractivity contribution in [3.05, 3.63) is 11.9 Å². The standard InChI is InChI=1S/C10H18N4/c1-4-9-12-8(11)7-10(13-9)14(5-2)6-3/h7H,4-6H2,1-3H3,(H2,11,12,13). The quantitative estimate of drug-likeness (QED) is 0.788. The van der Waals surface area contributed by atoms with E-state index in [1.807, 2.05) is 13.0 Å². The average molecular weight is 194 g/mol. The number of hydrogen-bond donors (Lipinski definition) is 1. The first kappa shape index (κ1) is 10.8. The molecule has 2 N–H and O–H groups in total. The molecule has 0 spiro atoms. The highest BCUT2D eigenvalue weighted by atomic mass is 15.2. The normalized spacial score (nSPS) is 10.2. The van der Waals surface area contributed by atoms with Gasteiger partial charge in [0.15, 0.2) is 0 Å². The van der Waals surface area contributed by atoms with E-state index in [2.05, 4.69) is 28.7 Å². The Bertz CT molecular complexity index is 294. The summed E-state index contributed by atoms with van der Waals surface area (Å²) in [5.74, 6) is 2.30. The number of nitrogens with two attached hydrogens (primary N) is 1. The van der Waals surface area contributed by atoms with E-state index in [0.29, 0.717) is 5.82 Å². The molecule has 1 aromatic heterocycles. The molecular formula is C10H18N4. The summed E-state index contributed by atoms with van der Waals surface area (Å²) in [6.07, 6.45) is 0.819. The Hall–Kier alpha value is -1.32. The van der Waals surface area contributed by atoms with Gasteiger partial charge in [-0.25, -0.2) is 9.97 Å². The Labute approximate surface area is 85.2 Å². The zero-order valence-corrected chi connectivity index (χ0v) is 9.12. The maximum Gasteiger partial charge on any atom is 0.134 e. The molecule has 0 unspecified atom stereocenters. The molecule has 1 heterocycles. The SMILES string of the molecule is CCc1nc(N)cc(N(CC)CC)n1. The van der Waals surface area contributed by atoms with Crippen molar-refractivity contribution in [3.8, 4) is 0 Å². The van der Waals surface area contributed by atoms with Crippen LogP contribution in [0.4, 0.5) is 11.6 Å². The molecule has 0 amide bonds. The van der Waals surface area contributed by atoms with E-state index in [-0.39, 0.29) is 0 Å². The lowest BCUT2D eigenvalue weighted by atomic mass is 10.4. The van der Waals surface area contributed by atoms with Gasteiger partial charge in [0.25, 0.3) is 0 Å². The predicted octanol–water partition coefficient (Wildman–Crippen LogP) is 1.47. The van der Waals surface area contributed by atoms with Crippen LogP contribution in [0.25, 0.3) is 0 Å². The molecule has 0 atom stereocenters. The largest absolute Gasteiger partial charge is 0.384 e. The Balaban J connectivity index is 3.01. The molecule has 14 heavy (non-hydrogen) atoms. The van der Waals surface area contributed by atoms with Crippen LogP contribution in [0.1, 0.15) is 26.6 Å². The van der Waals surface area contributed by atoms with Gasteiger partial charge in [0.1, 0.15) is 17.5 Å². The minimum absolute atomic E-state index is 0.554. The van der Waals surface area contributed by atoms with E-state index in [4.69, 9.17) is 5.73 Å². The molecule has 0 bridgehead atoms. The molecule has 0 saturated heterocycles. The summed E-state index contributed by atoms with van der Waals surface area (Å²) < 4.78 is 0. The van der Waals surface area contributed by atoms with Crippen molar-refractivity contribution < 1.29 is 0 Å². The van der Waals surface area contributed by atoms with E-state index in [1.54, 1.807) is 0 Å². The third-order valence-corrected chi connectivity index (χ3v) is 2.18. The molecule has 1 rings (SSSR count). The second-order valence-electron chi connectivity index (χ2n) is 3.09. The third-order valence-electron chi connectivity index (χ3n) is 2.18.